The Morgan fingerprint density at radius 3 is 2.08 bits per heavy atom. The summed E-state index contributed by atoms with van der Waals surface area (Å²) >= 11 is 0. The molecule has 0 aromatic heterocycles. The fourth-order valence-corrected chi connectivity index (χ4v) is 3.26. The summed E-state index contributed by atoms with van der Waals surface area (Å²) in [5, 5.41) is 4.39. The van der Waals surface area contributed by atoms with Crippen molar-refractivity contribution in [3.05, 3.63) is 29.3 Å². The van der Waals surface area contributed by atoms with E-state index in [-0.39, 0.29) is 12.5 Å². The topological polar surface area (TPSA) is 50.7 Å². The number of aryl methyl sites for hydroxylation is 2. The van der Waals surface area contributed by atoms with Gasteiger partial charge < -0.3 is 4.74 Å². The van der Waals surface area contributed by atoms with Crippen molar-refractivity contribution in [3.63, 3.8) is 0 Å². The average Bonchev–Trinajstić information content (AvgIpc) is 2.62. The van der Waals surface area contributed by atoms with Gasteiger partial charge in [0.1, 0.15) is 5.75 Å². The van der Waals surface area contributed by atoms with Crippen molar-refractivity contribution in [2.75, 3.05) is 6.61 Å². The Labute approximate surface area is 158 Å². The Morgan fingerprint density at radius 1 is 0.923 bits per heavy atom. The van der Waals surface area contributed by atoms with Gasteiger partial charge in [-0.3, -0.25) is 4.79 Å². The Balaban J connectivity index is 1.78. The molecule has 1 amide bonds. The molecule has 4 heteroatoms. The fraction of sp³-hybridized carbons (Fsp3) is 0.636. The molecule has 0 atom stereocenters. The first-order chi connectivity index (χ1) is 12.6. The Hall–Kier alpha value is -1.84. The second-order valence-corrected chi connectivity index (χ2v) is 7.43. The maximum Gasteiger partial charge on any atom is 0.277 e. The summed E-state index contributed by atoms with van der Waals surface area (Å²) in [4.78, 5) is 12.0. The molecule has 1 saturated carbocycles. The highest BCUT2D eigenvalue weighted by atomic mass is 16.5. The number of nitrogens with one attached hydrogen (secondary N) is 1. The lowest BCUT2D eigenvalue weighted by atomic mass is 10.00. The van der Waals surface area contributed by atoms with Gasteiger partial charge in [-0.2, -0.15) is 5.10 Å². The monoisotopic (exact) mass is 358 g/mol. The van der Waals surface area contributed by atoms with Crippen molar-refractivity contribution in [2.45, 2.75) is 84.5 Å². The molecule has 0 unspecified atom stereocenters. The van der Waals surface area contributed by atoms with Gasteiger partial charge in [0.15, 0.2) is 6.61 Å². The molecule has 26 heavy (non-hydrogen) atoms. The van der Waals surface area contributed by atoms with E-state index in [9.17, 15) is 4.79 Å². The van der Waals surface area contributed by atoms with Crippen molar-refractivity contribution >= 4 is 11.6 Å². The number of hydrogen-bond acceptors (Lipinski definition) is 3. The third-order valence-electron chi connectivity index (χ3n) is 5.12. The predicted octanol–water partition coefficient (Wildman–Crippen LogP) is 5.46. The van der Waals surface area contributed by atoms with Crippen molar-refractivity contribution in [3.8, 4) is 5.75 Å². The minimum Gasteiger partial charge on any atom is -0.484 e. The van der Waals surface area contributed by atoms with E-state index in [0.29, 0.717) is 0 Å². The number of hydrazone groups is 1. The normalized spacial score (nSPS) is 16.9. The van der Waals surface area contributed by atoms with Crippen LogP contribution in [0.5, 0.6) is 5.75 Å². The van der Waals surface area contributed by atoms with E-state index in [1.54, 1.807) is 0 Å². The lowest BCUT2D eigenvalue weighted by Crippen LogP contribution is -2.26. The first-order valence-electron chi connectivity index (χ1n) is 10.2. The van der Waals surface area contributed by atoms with E-state index in [4.69, 9.17) is 4.74 Å². The van der Waals surface area contributed by atoms with Gasteiger partial charge in [-0.1, -0.05) is 51.0 Å². The van der Waals surface area contributed by atoms with E-state index < -0.39 is 0 Å². The lowest BCUT2D eigenvalue weighted by molar-refractivity contribution is -0.123. The third-order valence-corrected chi connectivity index (χ3v) is 5.12. The van der Waals surface area contributed by atoms with Crippen LogP contribution < -0.4 is 10.2 Å². The zero-order valence-electron chi connectivity index (χ0n) is 16.5. The van der Waals surface area contributed by atoms with E-state index in [0.717, 1.165) is 29.9 Å². The van der Waals surface area contributed by atoms with Crippen molar-refractivity contribution < 1.29 is 9.53 Å². The van der Waals surface area contributed by atoms with Gasteiger partial charge in [-0.15, -0.1) is 0 Å². The standard InChI is InChI=1S/C22H34N2O2/c1-18-14-15-21(16-19(18)2)26-17-22(25)24-23-20-12-10-8-6-4-3-5-7-9-11-13-20/h14-16H,3-13,17H2,1-2H3,(H,24,25). The Kier molecular flexibility index (Phi) is 9.22. The minimum absolute atomic E-state index is 0.000713. The highest BCUT2D eigenvalue weighted by Crippen LogP contribution is 2.17. The van der Waals surface area contributed by atoms with Crippen LogP contribution in [0.25, 0.3) is 0 Å². The molecule has 0 spiro atoms. The number of carbonyl (C=O) groups is 1. The van der Waals surface area contributed by atoms with Gasteiger partial charge >= 0.3 is 0 Å². The van der Waals surface area contributed by atoms with Gasteiger partial charge in [0.25, 0.3) is 5.91 Å². The first-order valence-corrected chi connectivity index (χ1v) is 10.2. The largest absolute Gasteiger partial charge is 0.484 e. The number of rotatable bonds is 4. The van der Waals surface area contributed by atoms with Crippen LogP contribution in [0.1, 0.15) is 81.8 Å². The summed E-state index contributed by atoms with van der Waals surface area (Å²) in [6.45, 7) is 4.10. The summed E-state index contributed by atoms with van der Waals surface area (Å²) in [6.07, 6.45) is 13.6. The van der Waals surface area contributed by atoms with E-state index >= 15 is 0 Å². The SMILES string of the molecule is Cc1ccc(OCC(=O)NN=C2CCCCCCCCCCC2)cc1C. The van der Waals surface area contributed by atoms with E-state index in [1.807, 2.05) is 25.1 Å². The highest BCUT2D eigenvalue weighted by molar-refractivity contribution is 5.86. The summed E-state index contributed by atoms with van der Waals surface area (Å²) in [5.74, 6) is 0.531. The van der Waals surface area contributed by atoms with Crippen molar-refractivity contribution in [1.29, 1.82) is 0 Å². The molecule has 1 aromatic rings. The van der Waals surface area contributed by atoms with Crippen LogP contribution in [0.2, 0.25) is 0 Å². The second kappa shape index (κ2) is 11.7. The highest BCUT2D eigenvalue weighted by Gasteiger charge is 2.06. The quantitative estimate of drug-likeness (QED) is 0.727. The summed E-state index contributed by atoms with van der Waals surface area (Å²) < 4.78 is 5.57. The summed E-state index contributed by atoms with van der Waals surface area (Å²) in [6, 6.07) is 5.86. The molecular formula is C22H34N2O2. The molecule has 0 heterocycles. The van der Waals surface area contributed by atoms with E-state index in [1.165, 1.54) is 63.4 Å². The van der Waals surface area contributed by atoms with Crippen LogP contribution in [0.4, 0.5) is 0 Å². The number of benzene rings is 1. The summed E-state index contributed by atoms with van der Waals surface area (Å²) in [5.41, 5.74) is 6.20. The number of amides is 1. The first kappa shape index (κ1) is 20.5. The van der Waals surface area contributed by atoms with Crippen LogP contribution in [0.3, 0.4) is 0 Å². The molecule has 1 aliphatic carbocycles. The van der Waals surface area contributed by atoms with Crippen LogP contribution in [-0.2, 0) is 4.79 Å². The van der Waals surface area contributed by atoms with Crippen LogP contribution >= 0.6 is 0 Å². The molecule has 0 saturated heterocycles. The lowest BCUT2D eigenvalue weighted by Gasteiger charge is -2.10. The van der Waals surface area contributed by atoms with Crippen LogP contribution in [0.15, 0.2) is 23.3 Å². The number of carbonyl (C=O) groups excluding carboxylic acids is 1. The predicted molar refractivity (Wildman–Crippen MR) is 108 cm³/mol. The van der Waals surface area contributed by atoms with Gasteiger partial charge in [0.05, 0.1) is 0 Å². The summed E-state index contributed by atoms with van der Waals surface area (Å²) in [7, 11) is 0. The molecule has 0 bridgehead atoms. The minimum atomic E-state index is -0.193. The molecule has 1 N–H and O–H groups in total. The Morgan fingerprint density at radius 2 is 1.50 bits per heavy atom. The molecular weight excluding hydrogens is 324 g/mol. The maximum absolute atomic E-state index is 12.0. The molecule has 4 nitrogen and oxygen atoms in total. The molecule has 1 fully saturated rings. The molecule has 0 aliphatic heterocycles. The van der Waals surface area contributed by atoms with Gasteiger partial charge in [-0.05, 0) is 62.8 Å². The number of nitrogens with zero attached hydrogens (tertiary/aromatic N) is 1. The van der Waals surface area contributed by atoms with Crippen LogP contribution in [0, 0.1) is 13.8 Å². The van der Waals surface area contributed by atoms with Crippen LogP contribution in [-0.4, -0.2) is 18.2 Å². The fourth-order valence-electron chi connectivity index (χ4n) is 3.26. The third kappa shape index (κ3) is 8.03. The van der Waals surface area contributed by atoms with Gasteiger partial charge in [-0.25, -0.2) is 5.43 Å². The maximum atomic E-state index is 12.0. The zero-order chi connectivity index (χ0) is 18.6. The van der Waals surface area contributed by atoms with Gasteiger partial charge in [0, 0.05) is 5.71 Å². The molecule has 144 valence electrons. The molecule has 1 aromatic carbocycles. The van der Waals surface area contributed by atoms with Gasteiger partial charge in [0.2, 0.25) is 0 Å². The Bertz CT molecular complexity index is 582. The number of hydrogen-bond donors (Lipinski definition) is 1. The smallest absolute Gasteiger partial charge is 0.277 e. The average molecular weight is 359 g/mol. The van der Waals surface area contributed by atoms with E-state index in [2.05, 4.69) is 17.5 Å². The van der Waals surface area contributed by atoms with Crippen molar-refractivity contribution in [2.24, 2.45) is 5.10 Å². The number of ether oxygens (including phenoxy) is 1. The molecule has 2 rings (SSSR count). The zero-order valence-corrected chi connectivity index (χ0v) is 16.5. The molecule has 0 radical (unpaired) electrons. The van der Waals surface area contributed by atoms with Crippen molar-refractivity contribution in [1.82, 2.24) is 5.43 Å². The molecule has 1 aliphatic rings. The second-order valence-electron chi connectivity index (χ2n) is 7.43.